The van der Waals surface area contributed by atoms with Gasteiger partial charge in [-0.1, -0.05) is 141 Å². The molecule has 0 heterocycles. The molecular formula is C42H44Br6Mn4O12P2. The van der Waals surface area contributed by atoms with Crippen LogP contribution in [0.5, 0.6) is 0 Å². The number of halogens is 6. The molecule has 364 valence electrons. The first-order valence-corrected chi connectivity index (χ1v) is 42.2. The minimum absolute atomic E-state index is 1.04. The van der Waals surface area contributed by atoms with E-state index in [2.05, 4.69) is 214 Å². The molecule has 0 aliphatic heterocycles. The standard InChI is InChI=1S/2C21H21BrP.4BrH.4Mn.2H2O.10O/c2*22-17-10-18-23(19-11-4-1-5-12-19,20-13-6-2-7-14-20)21-15-8-3-9-16-21;;;;;;;;;;;;;;;;;;;;/h2*1-9,11-16H,10,17-18H2;4*1H;;;;;2*1H2;;;;;;;;;;/q2*+1;;;;;2*+1;2*+2;;;;;;;;;;;2*-1/p-6. The quantitative estimate of drug-likeness (QED) is 0.0669. The summed E-state index contributed by atoms with van der Waals surface area (Å²) in [6.07, 6.45) is 4.73. The predicted octanol–water partition coefficient (Wildman–Crippen LogP) is 8.46. The number of benzene rings is 6. The monoisotopic (exact) mass is 1500 g/mol. The molecule has 0 aliphatic carbocycles. The van der Waals surface area contributed by atoms with Gasteiger partial charge in [0, 0.05) is 10.7 Å². The average molecular weight is 1500 g/mol. The van der Waals surface area contributed by atoms with Crippen LogP contribution < -0.4 is 40.2 Å². The van der Waals surface area contributed by atoms with Crippen LogP contribution in [0.4, 0.5) is 0 Å². The molecule has 0 aromatic heterocycles. The molecule has 12 nitrogen and oxygen atoms in total. The SMILES string of the molecule is BrCCC[P+](c1ccccc1)(c1ccccc1)c1ccccc1.BrCCC[P+](c1ccccc1)(c1ccccc1)c1ccccc1.[O]=[Mn](=[O])([O-])[Br].[O]=[Mn](=[O])([O-])[Br].[O]=[Mn](=[O])([OH])[Br].[O]=[Mn](=[O])([OH])[Br]. The van der Waals surface area contributed by atoms with Crippen LogP contribution in [-0.2, 0) is 75.6 Å². The molecule has 24 heteroatoms. The Morgan fingerprint density at radius 2 is 0.470 bits per heavy atom. The van der Waals surface area contributed by atoms with Crippen molar-refractivity contribution < 1.29 is 92.4 Å². The number of hydrogen-bond donors (Lipinski definition) is 2. The Kier molecular flexibility index (Phi) is 31.1. The van der Waals surface area contributed by atoms with Crippen LogP contribution in [0, 0.1) is 0 Å². The second kappa shape index (κ2) is 32.4. The summed E-state index contributed by atoms with van der Waals surface area (Å²) in [5.41, 5.74) is 0. The fraction of sp³-hybridized carbons (Fsp3) is 0.143. The van der Waals surface area contributed by atoms with Crippen LogP contribution >= 0.6 is 103 Å². The van der Waals surface area contributed by atoms with E-state index in [1.807, 2.05) is 56.4 Å². The van der Waals surface area contributed by atoms with E-state index >= 15 is 0 Å². The first-order valence-electron chi connectivity index (χ1n) is 18.4. The molecule has 0 bridgehead atoms. The molecule has 6 aromatic carbocycles. The third-order valence-electron chi connectivity index (χ3n) is 8.44. The average Bonchev–Trinajstić information content (AvgIpc) is 3.24. The van der Waals surface area contributed by atoms with Gasteiger partial charge in [0.05, 0.1) is 12.3 Å². The first-order chi connectivity index (χ1) is 30.8. The Labute approximate surface area is 439 Å². The zero-order valence-corrected chi connectivity index (χ0v) is 50.2. The van der Waals surface area contributed by atoms with Crippen LogP contribution in [0.15, 0.2) is 182 Å². The van der Waals surface area contributed by atoms with Crippen molar-refractivity contribution in [2.75, 3.05) is 23.0 Å². The van der Waals surface area contributed by atoms with E-state index in [1.54, 1.807) is 0 Å². The molecular weight excluding hydrogens is 1460 g/mol. The van der Waals surface area contributed by atoms with Gasteiger partial charge in [-0.05, 0) is 85.6 Å². The van der Waals surface area contributed by atoms with Crippen molar-refractivity contribution >= 4 is 135 Å². The zero-order chi connectivity index (χ0) is 49.9. The molecule has 2 N–H and O–H groups in total. The van der Waals surface area contributed by atoms with Crippen LogP contribution in [0.1, 0.15) is 12.8 Å². The Hall–Kier alpha value is -0.622. The van der Waals surface area contributed by atoms with Crippen molar-refractivity contribution in [2.45, 2.75) is 12.8 Å². The van der Waals surface area contributed by atoms with Crippen molar-refractivity contribution in [2.24, 2.45) is 0 Å². The van der Waals surface area contributed by atoms with Gasteiger partial charge in [-0.2, -0.15) is 0 Å². The summed E-state index contributed by atoms with van der Waals surface area (Å²) in [5.74, 6) is 0. The van der Waals surface area contributed by atoms with E-state index in [-0.39, 0.29) is 0 Å². The summed E-state index contributed by atoms with van der Waals surface area (Å²) in [7, 11) is -3.20. The molecule has 66 heavy (non-hydrogen) atoms. The van der Waals surface area contributed by atoms with Gasteiger partial charge in [-0.15, -0.1) is 0 Å². The summed E-state index contributed by atoms with van der Waals surface area (Å²) >= 11 is -2.86. The first kappa shape index (κ1) is 63.4. The second-order valence-corrected chi connectivity index (χ2v) is 38.4. The van der Waals surface area contributed by atoms with E-state index in [9.17, 15) is 0 Å². The van der Waals surface area contributed by atoms with Gasteiger partial charge < -0.3 is 0 Å². The van der Waals surface area contributed by atoms with Gasteiger partial charge in [-0.3, -0.25) is 0 Å². The van der Waals surface area contributed by atoms with Gasteiger partial charge in [0.25, 0.3) is 0 Å². The Balaban J connectivity index is 0.000000470. The molecule has 6 aromatic rings. The van der Waals surface area contributed by atoms with E-state index in [1.165, 1.54) is 57.0 Å². The summed E-state index contributed by atoms with van der Waals surface area (Å²) in [4.78, 5) is 0. The predicted molar refractivity (Wildman–Crippen MR) is 262 cm³/mol. The summed E-state index contributed by atoms with van der Waals surface area (Å²) < 4.78 is 106. The van der Waals surface area contributed by atoms with Gasteiger partial charge in [0.2, 0.25) is 0 Å². The van der Waals surface area contributed by atoms with Gasteiger partial charge in [-0.25, -0.2) is 0 Å². The van der Waals surface area contributed by atoms with Crippen molar-refractivity contribution in [1.82, 2.24) is 0 Å². The second-order valence-electron chi connectivity index (χ2n) is 12.7. The minimum atomic E-state index is -4.56. The third-order valence-corrected chi connectivity index (χ3v) is 18.6. The molecule has 0 atom stereocenters. The number of alkyl halides is 2. The molecule has 0 unspecified atom stereocenters. The summed E-state index contributed by atoms with van der Waals surface area (Å²) in [6, 6.07) is 66.4. The topological polar surface area (TPSA) is 223 Å². The fourth-order valence-electron chi connectivity index (χ4n) is 6.36. The summed E-state index contributed by atoms with van der Waals surface area (Å²) in [5, 5.41) is 10.9. The van der Waals surface area contributed by atoms with Gasteiger partial charge in [0.1, 0.15) is 46.4 Å². The van der Waals surface area contributed by atoms with Crippen molar-refractivity contribution in [3.8, 4) is 0 Å². The molecule has 0 saturated carbocycles. The van der Waals surface area contributed by atoms with Crippen LogP contribution in [0.25, 0.3) is 0 Å². The van der Waals surface area contributed by atoms with Crippen LogP contribution in [0.2, 0.25) is 0 Å². The van der Waals surface area contributed by atoms with Gasteiger partial charge >= 0.3 is 149 Å². The third kappa shape index (κ3) is 28.3. The Morgan fingerprint density at radius 1 is 0.348 bits per heavy atom. The molecule has 0 saturated heterocycles. The molecule has 0 amide bonds. The number of hydrogen-bond acceptors (Lipinski definition) is 10. The summed E-state index contributed by atoms with van der Waals surface area (Å²) in [6.45, 7) is 0. The van der Waals surface area contributed by atoms with Crippen LogP contribution in [-0.4, -0.2) is 31.4 Å². The van der Waals surface area contributed by atoms with Gasteiger partial charge in [0.15, 0.2) is 0 Å². The zero-order valence-electron chi connectivity index (χ0n) is 34.2. The fourth-order valence-corrected chi connectivity index (χ4v) is 16.5. The molecule has 0 spiro atoms. The van der Waals surface area contributed by atoms with Crippen molar-refractivity contribution in [3.63, 3.8) is 0 Å². The molecule has 6 rings (SSSR count). The normalized spacial score (nSPS) is 11.4. The molecule has 0 radical (unpaired) electrons. The Morgan fingerprint density at radius 3 is 0.576 bits per heavy atom. The van der Waals surface area contributed by atoms with E-state index < -0.39 is 59.4 Å². The van der Waals surface area contributed by atoms with Crippen molar-refractivity contribution in [1.29, 1.82) is 0 Å². The molecule has 0 fully saturated rings. The number of rotatable bonds is 12. The van der Waals surface area contributed by atoms with E-state index in [4.69, 9.17) is 47.4 Å². The Bertz CT molecular complexity index is 2230. The maximum absolute atomic E-state index is 9.16. The molecule has 0 aliphatic rings. The maximum atomic E-state index is 9.16. The van der Waals surface area contributed by atoms with Crippen molar-refractivity contribution in [3.05, 3.63) is 182 Å². The van der Waals surface area contributed by atoms with Crippen LogP contribution in [0.3, 0.4) is 0 Å². The van der Waals surface area contributed by atoms with E-state index in [0.29, 0.717) is 0 Å². The van der Waals surface area contributed by atoms with E-state index in [0.717, 1.165) is 10.7 Å².